The molecule has 0 radical (unpaired) electrons. The molecule has 0 atom stereocenters. The number of amides is 1. The summed E-state index contributed by atoms with van der Waals surface area (Å²) in [4.78, 5) is 25.6. The molecule has 1 heterocycles. The van der Waals surface area contributed by atoms with E-state index in [1.165, 1.54) is 12.0 Å². The number of thiophene rings is 1. The van der Waals surface area contributed by atoms with Crippen LogP contribution in [0, 0.1) is 0 Å². The molecule has 1 rings (SSSR count). The summed E-state index contributed by atoms with van der Waals surface area (Å²) in [6.45, 7) is 1.98. The zero-order chi connectivity index (χ0) is 13.9. The first kappa shape index (κ1) is 14.5. The zero-order valence-electron chi connectivity index (χ0n) is 11.1. The van der Waals surface area contributed by atoms with Gasteiger partial charge < -0.3 is 15.4 Å². The van der Waals surface area contributed by atoms with Gasteiger partial charge in [0, 0.05) is 14.1 Å². The van der Waals surface area contributed by atoms with Crippen LogP contribution in [0.4, 0.5) is 5.00 Å². The molecule has 5 nitrogen and oxygen atoms in total. The lowest BCUT2D eigenvalue weighted by molar-refractivity contribution is 0.0605. The summed E-state index contributed by atoms with van der Waals surface area (Å²) < 4.78 is 4.72. The van der Waals surface area contributed by atoms with Crippen LogP contribution in [0.3, 0.4) is 0 Å². The van der Waals surface area contributed by atoms with E-state index in [0.29, 0.717) is 27.4 Å². The predicted molar refractivity (Wildman–Crippen MR) is 72.1 cm³/mol. The maximum atomic E-state index is 12.1. The SMILES string of the molecule is CCCc1c(C(=O)OC)sc(N)c1C(=O)N(C)C. The highest BCUT2D eigenvalue weighted by atomic mass is 32.1. The lowest BCUT2D eigenvalue weighted by Crippen LogP contribution is -2.23. The third-order valence-corrected chi connectivity index (χ3v) is 3.57. The van der Waals surface area contributed by atoms with Crippen LogP contribution in [0.5, 0.6) is 0 Å². The summed E-state index contributed by atoms with van der Waals surface area (Å²) in [5.74, 6) is -0.615. The second kappa shape index (κ2) is 5.86. The highest BCUT2D eigenvalue weighted by Gasteiger charge is 2.26. The normalized spacial score (nSPS) is 10.2. The molecule has 0 aliphatic carbocycles. The van der Waals surface area contributed by atoms with Gasteiger partial charge in [-0.2, -0.15) is 0 Å². The maximum absolute atomic E-state index is 12.1. The fourth-order valence-electron chi connectivity index (χ4n) is 1.69. The van der Waals surface area contributed by atoms with E-state index in [1.807, 2.05) is 6.92 Å². The first-order chi connectivity index (χ1) is 8.43. The van der Waals surface area contributed by atoms with Gasteiger partial charge in [0.1, 0.15) is 4.88 Å². The van der Waals surface area contributed by atoms with Gasteiger partial charge in [0.05, 0.1) is 17.7 Å². The first-order valence-corrected chi connectivity index (χ1v) is 6.46. The second-order valence-electron chi connectivity index (χ2n) is 4.09. The number of hydrogen-bond donors (Lipinski definition) is 1. The van der Waals surface area contributed by atoms with Crippen LogP contribution in [-0.2, 0) is 11.2 Å². The van der Waals surface area contributed by atoms with Crippen molar-refractivity contribution in [3.05, 3.63) is 16.0 Å². The van der Waals surface area contributed by atoms with Crippen molar-refractivity contribution in [3.63, 3.8) is 0 Å². The number of nitrogens with two attached hydrogens (primary N) is 1. The van der Waals surface area contributed by atoms with Crippen molar-refractivity contribution < 1.29 is 14.3 Å². The summed E-state index contributed by atoms with van der Waals surface area (Å²) in [5, 5.41) is 0.373. The molecule has 0 aliphatic rings. The van der Waals surface area contributed by atoms with Crippen LogP contribution in [0.25, 0.3) is 0 Å². The largest absolute Gasteiger partial charge is 0.465 e. The average molecular weight is 270 g/mol. The molecule has 2 N–H and O–H groups in total. The van der Waals surface area contributed by atoms with E-state index in [-0.39, 0.29) is 5.91 Å². The van der Waals surface area contributed by atoms with Crippen LogP contribution in [0.15, 0.2) is 0 Å². The fraction of sp³-hybridized carbons (Fsp3) is 0.500. The molecule has 6 heteroatoms. The molecule has 0 aromatic carbocycles. The standard InChI is InChI=1S/C12H18N2O3S/c1-5-6-7-8(11(15)14(2)3)10(13)18-9(7)12(16)17-4/h5-6,13H2,1-4H3. The number of rotatable bonds is 4. The van der Waals surface area contributed by atoms with Crippen LogP contribution >= 0.6 is 11.3 Å². The Labute approximate surface area is 111 Å². The van der Waals surface area contributed by atoms with Crippen molar-refractivity contribution in [2.24, 2.45) is 0 Å². The number of methoxy groups -OCH3 is 1. The van der Waals surface area contributed by atoms with Crippen LogP contribution < -0.4 is 5.73 Å². The van der Waals surface area contributed by atoms with Crippen LogP contribution in [0.2, 0.25) is 0 Å². The fourth-order valence-corrected chi connectivity index (χ4v) is 2.72. The minimum absolute atomic E-state index is 0.178. The molecule has 18 heavy (non-hydrogen) atoms. The summed E-state index contributed by atoms with van der Waals surface area (Å²) in [6, 6.07) is 0. The number of hydrogen-bond acceptors (Lipinski definition) is 5. The molecule has 0 fully saturated rings. The Bertz CT molecular complexity index is 466. The molecular formula is C12H18N2O3S. The predicted octanol–water partition coefficient (Wildman–Crippen LogP) is 1.77. The summed E-state index contributed by atoms with van der Waals surface area (Å²) >= 11 is 1.12. The van der Waals surface area contributed by atoms with Crippen molar-refractivity contribution in [1.82, 2.24) is 4.90 Å². The number of carbonyl (C=O) groups excluding carboxylic acids is 2. The second-order valence-corrected chi connectivity index (χ2v) is 5.14. The molecule has 1 amide bonds. The number of esters is 1. The minimum atomic E-state index is -0.437. The summed E-state index contributed by atoms with van der Waals surface area (Å²) in [5.41, 5.74) is 7.00. The first-order valence-electron chi connectivity index (χ1n) is 5.65. The lowest BCUT2D eigenvalue weighted by Gasteiger charge is -2.12. The third kappa shape index (κ3) is 2.64. The molecule has 0 saturated carbocycles. The highest BCUT2D eigenvalue weighted by Crippen LogP contribution is 2.33. The van der Waals surface area contributed by atoms with Crippen molar-refractivity contribution in [3.8, 4) is 0 Å². The quantitative estimate of drug-likeness (QED) is 0.846. The van der Waals surface area contributed by atoms with E-state index in [9.17, 15) is 9.59 Å². The van der Waals surface area contributed by atoms with E-state index in [4.69, 9.17) is 10.5 Å². The summed E-state index contributed by atoms with van der Waals surface area (Å²) in [7, 11) is 4.64. The number of nitrogen functional groups attached to an aromatic ring is 1. The highest BCUT2D eigenvalue weighted by molar-refractivity contribution is 7.18. The topological polar surface area (TPSA) is 72.6 Å². The minimum Gasteiger partial charge on any atom is -0.465 e. The molecule has 1 aromatic heterocycles. The van der Waals surface area contributed by atoms with E-state index in [1.54, 1.807) is 14.1 Å². The van der Waals surface area contributed by atoms with Gasteiger partial charge in [-0.1, -0.05) is 13.3 Å². The van der Waals surface area contributed by atoms with Gasteiger partial charge in [-0.25, -0.2) is 4.79 Å². The lowest BCUT2D eigenvalue weighted by atomic mass is 10.0. The van der Waals surface area contributed by atoms with Gasteiger partial charge >= 0.3 is 5.97 Å². The van der Waals surface area contributed by atoms with Crippen molar-refractivity contribution in [2.45, 2.75) is 19.8 Å². The smallest absolute Gasteiger partial charge is 0.348 e. The molecular weight excluding hydrogens is 252 g/mol. The van der Waals surface area contributed by atoms with Gasteiger partial charge in [0.25, 0.3) is 5.91 Å². The van der Waals surface area contributed by atoms with Gasteiger partial charge in [0.15, 0.2) is 0 Å². The zero-order valence-corrected chi connectivity index (χ0v) is 11.9. The van der Waals surface area contributed by atoms with Crippen molar-refractivity contribution in [1.29, 1.82) is 0 Å². The van der Waals surface area contributed by atoms with E-state index in [0.717, 1.165) is 17.8 Å². The maximum Gasteiger partial charge on any atom is 0.348 e. The van der Waals surface area contributed by atoms with E-state index < -0.39 is 5.97 Å². The summed E-state index contributed by atoms with van der Waals surface area (Å²) in [6.07, 6.45) is 1.46. The Kier molecular flexibility index (Phi) is 4.72. The number of ether oxygens (including phenoxy) is 1. The van der Waals surface area contributed by atoms with Gasteiger partial charge in [-0.3, -0.25) is 4.79 Å². The van der Waals surface area contributed by atoms with E-state index >= 15 is 0 Å². The molecule has 0 saturated heterocycles. The Morgan fingerprint density at radius 1 is 1.39 bits per heavy atom. The van der Waals surface area contributed by atoms with Gasteiger partial charge in [-0.05, 0) is 12.0 Å². The molecule has 0 bridgehead atoms. The molecule has 0 unspecified atom stereocenters. The van der Waals surface area contributed by atoms with Crippen LogP contribution in [0.1, 0.15) is 38.9 Å². The number of anilines is 1. The van der Waals surface area contributed by atoms with Crippen LogP contribution in [-0.4, -0.2) is 38.0 Å². The Morgan fingerprint density at radius 2 is 2.00 bits per heavy atom. The number of nitrogens with zero attached hydrogens (tertiary/aromatic N) is 1. The Hall–Kier alpha value is -1.56. The Balaban J connectivity index is 3.36. The third-order valence-electron chi connectivity index (χ3n) is 2.53. The van der Waals surface area contributed by atoms with Crippen molar-refractivity contribution >= 4 is 28.2 Å². The Morgan fingerprint density at radius 3 is 2.44 bits per heavy atom. The molecule has 0 aliphatic heterocycles. The van der Waals surface area contributed by atoms with Gasteiger partial charge in [-0.15, -0.1) is 11.3 Å². The molecule has 0 spiro atoms. The number of carbonyl (C=O) groups is 2. The monoisotopic (exact) mass is 270 g/mol. The average Bonchev–Trinajstić information content (AvgIpc) is 2.65. The molecule has 1 aromatic rings. The van der Waals surface area contributed by atoms with Crippen molar-refractivity contribution in [2.75, 3.05) is 26.9 Å². The van der Waals surface area contributed by atoms with E-state index in [2.05, 4.69) is 0 Å². The molecule has 100 valence electrons. The van der Waals surface area contributed by atoms with Gasteiger partial charge in [0.2, 0.25) is 0 Å².